The lowest BCUT2D eigenvalue weighted by Gasteiger charge is -2.05. The van der Waals surface area contributed by atoms with Gasteiger partial charge in [0.25, 0.3) is 0 Å². The standard InChI is InChI=1S/C16H9BrF3N3O3/c17-11-5-12(7-21-6-11)25-8-13(24)9-1-3-10(4-2-9)14-22-15(26-23-14)16(18,19)20/h1-7H,8H2. The second kappa shape index (κ2) is 7.24. The van der Waals surface area contributed by atoms with Gasteiger partial charge in [0.1, 0.15) is 5.75 Å². The summed E-state index contributed by atoms with van der Waals surface area (Å²) in [6, 6.07) is 7.42. The summed E-state index contributed by atoms with van der Waals surface area (Å²) in [5.41, 5.74) is 0.620. The second-order valence-electron chi connectivity index (χ2n) is 5.05. The minimum Gasteiger partial charge on any atom is -0.484 e. The fourth-order valence-electron chi connectivity index (χ4n) is 1.96. The molecular formula is C16H9BrF3N3O3. The Morgan fingerprint density at radius 3 is 2.54 bits per heavy atom. The van der Waals surface area contributed by atoms with Gasteiger partial charge < -0.3 is 9.26 Å². The van der Waals surface area contributed by atoms with Gasteiger partial charge in [-0.3, -0.25) is 9.78 Å². The number of alkyl halides is 3. The van der Waals surface area contributed by atoms with Gasteiger partial charge in [0, 0.05) is 21.8 Å². The Hall–Kier alpha value is -2.75. The molecule has 134 valence electrons. The van der Waals surface area contributed by atoms with Gasteiger partial charge in [-0.05, 0) is 22.0 Å². The monoisotopic (exact) mass is 427 g/mol. The molecular weight excluding hydrogens is 419 g/mol. The minimum absolute atomic E-state index is 0.210. The summed E-state index contributed by atoms with van der Waals surface area (Å²) in [5.74, 6) is -1.52. The number of nitrogens with zero attached hydrogens (tertiary/aromatic N) is 3. The van der Waals surface area contributed by atoms with E-state index in [1.807, 2.05) is 0 Å². The van der Waals surface area contributed by atoms with Gasteiger partial charge in [-0.25, -0.2) is 0 Å². The summed E-state index contributed by atoms with van der Waals surface area (Å²) in [6.45, 7) is -0.210. The highest BCUT2D eigenvalue weighted by atomic mass is 79.9. The SMILES string of the molecule is O=C(COc1cncc(Br)c1)c1ccc(-c2noc(C(F)(F)F)n2)cc1. The smallest absolute Gasteiger partial charge is 0.471 e. The van der Waals surface area contributed by atoms with Crippen LogP contribution in [-0.4, -0.2) is 27.5 Å². The number of hydrogen-bond acceptors (Lipinski definition) is 6. The molecule has 3 aromatic rings. The quantitative estimate of drug-likeness (QED) is 0.568. The minimum atomic E-state index is -4.71. The van der Waals surface area contributed by atoms with Crippen molar-refractivity contribution < 1.29 is 27.2 Å². The van der Waals surface area contributed by atoms with E-state index in [4.69, 9.17) is 4.74 Å². The van der Waals surface area contributed by atoms with E-state index in [0.717, 1.165) is 0 Å². The topological polar surface area (TPSA) is 78.1 Å². The van der Waals surface area contributed by atoms with Crippen molar-refractivity contribution in [3.8, 4) is 17.1 Å². The van der Waals surface area contributed by atoms with Crippen molar-refractivity contribution in [3.05, 3.63) is 58.7 Å². The molecule has 1 aromatic carbocycles. The third kappa shape index (κ3) is 4.26. The predicted molar refractivity (Wildman–Crippen MR) is 86.5 cm³/mol. The maximum Gasteiger partial charge on any atom is 0.471 e. The molecule has 0 amide bonds. The number of benzene rings is 1. The third-order valence-corrected chi connectivity index (χ3v) is 3.62. The fraction of sp³-hybridized carbons (Fsp3) is 0.125. The van der Waals surface area contributed by atoms with Crippen molar-refractivity contribution in [2.45, 2.75) is 6.18 Å². The molecule has 0 radical (unpaired) electrons. The Bertz CT molecular complexity index is 926. The first-order chi connectivity index (χ1) is 12.3. The van der Waals surface area contributed by atoms with Crippen LogP contribution in [0.1, 0.15) is 16.2 Å². The lowest BCUT2D eigenvalue weighted by Crippen LogP contribution is -2.11. The van der Waals surface area contributed by atoms with Crippen molar-refractivity contribution in [2.75, 3.05) is 6.61 Å². The molecule has 0 aliphatic rings. The molecule has 2 aromatic heterocycles. The first-order valence-electron chi connectivity index (χ1n) is 7.11. The Morgan fingerprint density at radius 1 is 1.19 bits per heavy atom. The predicted octanol–water partition coefficient (Wildman–Crippen LogP) is 4.17. The van der Waals surface area contributed by atoms with Crippen LogP contribution < -0.4 is 4.74 Å². The van der Waals surface area contributed by atoms with E-state index >= 15 is 0 Å². The van der Waals surface area contributed by atoms with Crippen molar-refractivity contribution in [2.24, 2.45) is 0 Å². The van der Waals surface area contributed by atoms with Gasteiger partial charge in [-0.2, -0.15) is 18.2 Å². The molecule has 26 heavy (non-hydrogen) atoms. The van der Waals surface area contributed by atoms with Crippen LogP contribution in [0.2, 0.25) is 0 Å². The van der Waals surface area contributed by atoms with Crippen LogP contribution in [-0.2, 0) is 6.18 Å². The van der Waals surface area contributed by atoms with Crippen molar-refractivity contribution in [3.63, 3.8) is 0 Å². The number of pyridine rings is 1. The average molecular weight is 428 g/mol. The molecule has 3 rings (SSSR count). The zero-order valence-electron chi connectivity index (χ0n) is 12.8. The van der Waals surface area contributed by atoms with Crippen LogP contribution in [0.25, 0.3) is 11.4 Å². The molecule has 0 fully saturated rings. The van der Waals surface area contributed by atoms with Crippen LogP contribution in [0, 0.1) is 0 Å². The number of halogens is 4. The van der Waals surface area contributed by atoms with E-state index in [1.54, 1.807) is 12.3 Å². The lowest BCUT2D eigenvalue weighted by atomic mass is 10.1. The van der Waals surface area contributed by atoms with Gasteiger partial charge in [-0.15, -0.1) is 0 Å². The van der Waals surface area contributed by atoms with E-state index in [-0.39, 0.29) is 23.8 Å². The zero-order chi connectivity index (χ0) is 18.7. The number of hydrogen-bond donors (Lipinski definition) is 0. The van der Waals surface area contributed by atoms with Crippen LogP contribution in [0.3, 0.4) is 0 Å². The maximum atomic E-state index is 12.5. The highest BCUT2D eigenvalue weighted by Gasteiger charge is 2.38. The fourth-order valence-corrected chi connectivity index (χ4v) is 2.31. The van der Waals surface area contributed by atoms with Crippen LogP contribution in [0.5, 0.6) is 5.75 Å². The van der Waals surface area contributed by atoms with Crippen molar-refractivity contribution in [1.29, 1.82) is 0 Å². The molecule has 10 heteroatoms. The van der Waals surface area contributed by atoms with Gasteiger partial charge in [0.05, 0.1) is 6.20 Å². The van der Waals surface area contributed by atoms with E-state index in [9.17, 15) is 18.0 Å². The molecule has 0 bridgehead atoms. The normalized spacial score (nSPS) is 11.4. The summed E-state index contributed by atoms with van der Waals surface area (Å²) in [4.78, 5) is 19.3. The molecule has 0 aliphatic carbocycles. The van der Waals surface area contributed by atoms with Crippen LogP contribution >= 0.6 is 15.9 Å². The second-order valence-corrected chi connectivity index (χ2v) is 5.96. The van der Waals surface area contributed by atoms with Gasteiger partial charge in [0.2, 0.25) is 5.82 Å². The van der Waals surface area contributed by atoms with E-state index in [1.165, 1.54) is 30.5 Å². The Kier molecular flexibility index (Phi) is 5.03. The number of ketones is 1. The number of carbonyl (C=O) groups excluding carboxylic acids is 1. The molecule has 0 atom stereocenters. The summed E-state index contributed by atoms with van der Waals surface area (Å²) < 4.78 is 47.7. The highest BCUT2D eigenvalue weighted by Crippen LogP contribution is 2.29. The lowest BCUT2D eigenvalue weighted by molar-refractivity contribution is -0.159. The van der Waals surface area contributed by atoms with Crippen molar-refractivity contribution in [1.82, 2.24) is 15.1 Å². The molecule has 0 aliphatic heterocycles. The van der Waals surface area contributed by atoms with Gasteiger partial charge >= 0.3 is 12.1 Å². The van der Waals surface area contributed by atoms with E-state index in [0.29, 0.717) is 15.8 Å². The third-order valence-electron chi connectivity index (χ3n) is 3.18. The van der Waals surface area contributed by atoms with E-state index in [2.05, 4.69) is 35.6 Å². The number of Topliss-reactive ketones (excluding diaryl/α,β-unsaturated/α-hetero) is 1. The Morgan fingerprint density at radius 2 is 1.92 bits per heavy atom. The molecule has 6 nitrogen and oxygen atoms in total. The number of aromatic nitrogens is 3. The summed E-state index contributed by atoms with van der Waals surface area (Å²) in [7, 11) is 0. The molecule has 0 unspecified atom stereocenters. The number of carbonyl (C=O) groups is 1. The molecule has 0 saturated heterocycles. The number of ether oxygens (including phenoxy) is 1. The molecule has 2 heterocycles. The Labute approximate surface area is 153 Å². The van der Waals surface area contributed by atoms with Gasteiger partial charge in [0.15, 0.2) is 12.4 Å². The highest BCUT2D eigenvalue weighted by molar-refractivity contribution is 9.10. The number of rotatable bonds is 5. The summed E-state index contributed by atoms with van der Waals surface area (Å²) >= 11 is 3.24. The summed E-state index contributed by atoms with van der Waals surface area (Å²) in [5, 5.41) is 3.28. The van der Waals surface area contributed by atoms with Gasteiger partial charge in [-0.1, -0.05) is 29.4 Å². The Balaban J connectivity index is 1.67. The maximum absolute atomic E-state index is 12.5. The van der Waals surface area contributed by atoms with E-state index < -0.39 is 12.1 Å². The molecule has 0 N–H and O–H groups in total. The zero-order valence-corrected chi connectivity index (χ0v) is 14.4. The first-order valence-corrected chi connectivity index (χ1v) is 7.90. The summed E-state index contributed by atoms with van der Waals surface area (Å²) in [6.07, 6.45) is -1.66. The van der Waals surface area contributed by atoms with Crippen LogP contribution in [0.15, 0.2) is 51.7 Å². The van der Waals surface area contributed by atoms with Crippen molar-refractivity contribution >= 4 is 21.7 Å². The largest absolute Gasteiger partial charge is 0.484 e. The molecule has 0 spiro atoms. The van der Waals surface area contributed by atoms with Crippen LogP contribution in [0.4, 0.5) is 13.2 Å². The molecule has 0 saturated carbocycles. The average Bonchev–Trinajstić information content (AvgIpc) is 3.10. The first kappa shape index (κ1) is 18.1.